The van der Waals surface area contributed by atoms with Gasteiger partial charge in [-0.15, -0.1) is 0 Å². The zero-order valence-electron chi connectivity index (χ0n) is 13.7. The minimum atomic E-state index is -0.777. The van der Waals surface area contributed by atoms with Gasteiger partial charge >= 0.3 is 0 Å². The number of fused-ring (bicyclic) bond motifs is 1. The summed E-state index contributed by atoms with van der Waals surface area (Å²) in [5.41, 5.74) is 2.13. The Bertz CT molecular complexity index is 600. The van der Waals surface area contributed by atoms with Gasteiger partial charge in [0.1, 0.15) is 12.2 Å². The molecule has 2 atom stereocenters. The Labute approximate surface area is 137 Å². The SMILES string of the molecule is CC(C)N1C[C@@H]2OC(c3ccccc3)(c3ccccc3)O[C@@H]2C1. The van der Waals surface area contributed by atoms with Gasteiger partial charge in [0.15, 0.2) is 0 Å². The van der Waals surface area contributed by atoms with Gasteiger partial charge in [-0.1, -0.05) is 60.7 Å². The first-order chi connectivity index (χ1) is 11.2. The van der Waals surface area contributed by atoms with E-state index in [4.69, 9.17) is 9.47 Å². The molecule has 0 saturated carbocycles. The highest BCUT2D eigenvalue weighted by Crippen LogP contribution is 2.45. The van der Waals surface area contributed by atoms with Crippen LogP contribution in [-0.4, -0.2) is 36.2 Å². The van der Waals surface area contributed by atoms with E-state index in [9.17, 15) is 0 Å². The van der Waals surface area contributed by atoms with Crippen LogP contribution in [0.5, 0.6) is 0 Å². The Morgan fingerprint density at radius 3 is 1.65 bits per heavy atom. The minimum Gasteiger partial charge on any atom is -0.335 e. The van der Waals surface area contributed by atoms with Gasteiger partial charge in [-0.05, 0) is 13.8 Å². The van der Waals surface area contributed by atoms with E-state index in [0.29, 0.717) is 6.04 Å². The average molecular weight is 309 g/mol. The van der Waals surface area contributed by atoms with Crippen LogP contribution >= 0.6 is 0 Å². The van der Waals surface area contributed by atoms with E-state index in [2.05, 4.69) is 43.0 Å². The first-order valence-corrected chi connectivity index (χ1v) is 8.40. The van der Waals surface area contributed by atoms with E-state index < -0.39 is 5.79 Å². The molecule has 0 bridgehead atoms. The van der Waals surface area contributed by atoms with Crippen molar-refractivity contribution in [2.24, 2.45) is 0 Å². The summed E-state index contributed by atoms with van der Waals surface area (Å²) in [6, 6.07) is 21.1. The van der Waals surface area contributed by atoms with Crippen LogP contribution in [-0.2, 0) is 15.3 Å². The Kier molecular flexibility index (Phi) is 3.72. The van der Waals surface area contributed by atoms with Gasteiger partial charge in [0.25, 0.3) is 0 Å². The lowest BCUT2D eigenvalue weighted by molar-refractivity contribution is -0.160. The minimum absolute atomic E-state index is 0.123. The molecule has 4 rings (SSSR count). The second-order valence-electron chi connectivity index (χ2n) is 6.71. The predicted octanol–water partition coefficient (Wildman–Crippen LogP) is 3.40. The highest BCUT2D eigenvalue weighted by Gasteiger charge is 2.53. The molecule has 0 amide bonds. The molecule has 0 aromatic heterocycles. The molecule has 23 heavy (non-hydrogen) atoms. The fourth-order valence-electron chi connectivity index (χ4n) is 3.63. The maximum absolute atomic E-state index is 6.56. The van der Waals surface area contributed by atoms with E-state index in [-0.39, 0.29) is 12.2 Å². The molecule has 0 aliphatic carbocycles. The molecule has 2 aromatic rings. The highest BCUT2D eigenvalue weighted by molar-refractivity contribution is 5.35. The number of hydrogen-bond donors (Lipinski definition) is 0. The van der Waals surface area contributed by atoms with Crippen molar-refractivity contribution in [3.8, 4) is 0 Å². The fraction of sp³-hybridized carbons (Fsp3) is 0.400. The van der Waals surface area contributed by atoms with Crippen LogP contribution in [0.25, 0.3) is 0 Å². The summed E-state index contributed by atoms with van der Waals surface area (Å²) < 4.78 is 13.1. The quantitative estimate of drug-likeness (QED) is 0.867. The smallest absolute Gasteiger partial charge is 0.223 e. The van der Waals surface area contributed by atoms with Gasteiger partial charge in [0.05, 0.1) is 0 Å². The summed E-state index contributed by atoms with van der Waals surface area (Å²) >= 11 is 0. The van der Waals surface area contributed by atoms with Gasteiger partial charge < -0.3 is 9.47 Å². The second kappa shape index (κ2) is 5.75. The van der Waals surface area contributed by atoms with E-state index in [1.54, 1.807) is 0 Å². The van der Waals surface area contributed by atoms with E-state index in [1.807, 2.05) is 36.4 Å². The number of hydrogen-bond acceptors (Lipinski definition) is 3. The largest absolute Gasteiger partial charge is 0.335 e. The van der Waals surface area contributed by atoms with E-state index in [1.165, 1.54) is 0 Å². The zero-order chi connectivity index (χ0) is 15.9. The third kappa shape index (κ3) is 2.49. The first-order valence-electron chi connectivity index (χ1n) is 8.40. The first kappa shape index (κ1) is 14.9. The van der Waals surface area contributed by atoms with Crippen LogP contribution in [0.4, 0.5) is 0 Å². The van der Waals surface area contributed by atoms with Gasteiger partial charge in [-0.3, -0.25) is 4.90 Å². The number of likely N-dealkylation sites (tertiary alicyclic amines) is 1. The molecule has 0 radical (unpaired) electrons. The lowest BCUT2D eigenvalue weighted by Crippen LogP contribution is -2.36. The lowest BCUT2D eigenvalue weighted by atomic mass is 9.97. The monoisotopic (exact) mass is 309 g/mol. The van der Waals surface area contributed by atoms with Gasteiger partial charge in [0.2, 0.25) is 5.79 Å². The summed E-state index contributed by atoms with van der Waals surface area (Å²) in [7, 11) is 0. The molecule has 120 valence electrons. The number of nitrogens with zero attached hydrogens (tertiary/aromatic N) is 1. The van der Waals surface area contributed by atoms with Crippen LogP contribution in [0.2, 0.25) is 0 Å². The van der Waals surface area contributed by atoms with Crippen molar-refractivity contribution in [2.45, 2.75) is 37.9 Å². The second-order valence-corrected chi connectivity index (χ2v) is 6.71. The topological polar surface area (TPSA) is 21.7 Å². The highest BCUT2D eigenvalue weighted by atomic mass is 16.8. The van der Waals surface area contributed by atoms with Crippen molar-refractivity contribution in [3.05, 3.63) is 71.8 Å². The summed E-state index contributed by atoms with van der Waals surface area (Å²) in [5.74, 6) is -0.777. The van der Waals surface area contributed by atoms with Crippen molar-refractivity contribution >= 4 is 0 Å². The molecular weight excluding hydrogens is 286 g/mol. The number of ether oxygens (including phenoxy) is 2. The van der Waals surface area contributed by atoms with E-state index in [0.717, 1.165) is 24.2 Å². The van der Waals surface area contributed by atoms with Crippen LogP contribution in [0.1, 0.15) is 25.0 Å². The molecule has 2 fully saturated rings. The Morgan fingerprint density at radius 2 is 1.26 bits per heavy atom. The maximum Gasteiger partial charge on any atom is 0.223 e. The van der Waals surface area contributed by atoms with Gasteiger partial charge in [-0.25, -0.2) is 0 Å². The van der Waals surface area contributed by atoms with Crippen molar-refractivity contribution in [2.75, 3.05) is 13.1 Å². The summed E-state index contributed by atoms with van der Waals surface area (Å²) in [4.78, 5) is 2.43. The summed E-state index contributed by atoms with van der Waals surface area (Å²) in [6.07, 6.45) is 0.246. The molecule has 3 nitrogen and oxygen atoms in total. The van der Waals surface area contributed by atoms with Crippen LogP contribution < -0.4 is 0 Å². The fourth-order valence-corrected chi connectivity index (χ4v) is 3.63. The van der Waals surface area contributed by atoms with Crippen LogP contribution in [0, 0.1) is 0 Å². The third-order valence-electron chi connectivity index (χ3n) is 4.92. The van der Waals surface area contributed by atoms with Crippen molar-refractivity contribution in [3.63, 3.8) is 0 Å². The molecule has 0 spiro atoms. The van der Waals surface area contributed by atoms with Crippen LogP contribution in [0.3, 0.4) is 0 Å². The Hall–Kier alpha value is -1.68. The molecule has 2 aliphatic heterocycles. The maximum atomic E-state index is 6.56. The molecule has 0 N–H and O–H groups in total. The Morgan fingerprint density at radius 1 is 0.826 bits per heavy atom. The number of benzene rings is 2. The zero-order valence-corrected chi connectivity index (χ0v) is 13.7. The normalized spacial score (nSPS) is 26.6. The molecule has 2 aromatic carbocycles. The Balaban J connectivity index is 1.71. The van der Waals surface area contributed by atoms with Crippen molar-refractivity contribution < 1.29 is 9.47 Å². The molecule has 2 aliphatic rings. The molecule has 2 heterocycles. The van der Waals surface area contributed by atoms with Crippen molar-refractivity contribution in [1.82, 2.24) is 4.90 Å². The van der Waals surface area contributed by atoms with Gasteiger partial charge in [0, 0.05) is 30.3 Å². The van der Waals surface area contributed by atoms with Gasteiger partial charge in [-0.2, -0.15) is 0 Å². The summed E-state index contributed by atoms with van der Waals surface area (Å²) in [5, 5.41) is 0. The average Bonchev–Trinajstić information content (AvgIpc) is 3.13. The molecular formula is C20H23NO2. The number of rotatable bonds is 3. The standard InChI is InChI=1S/C20H23NO2/c1-15(2)21-13-18-19(14-21)23-20(22-18,16-9-5-3-6-10-16)17-11-7-4-8-12-17/h3-12,15,18-19H,13-14H2,1-2H3/t18-,19+. The lowest BCUT2D eigenvalue weighted by Gasteiger charge is -2.32. The molecule has 3 heteroatoms. The third-order valence-corrected chi connectivity index (χ3v) is 4.92. The molecule has 2 saturated heterocycles. The van der Waals surface area contributed by atoms with Crippen LogP contribution in [0.15, 0.2) is 60.7 Å². The summed E-state index contributed by atoms with van der Waals surface area (Å²) in [6.45, 7) is 6.32. The van der Waals surface area contributed by atoms with Crippen molar-refractivity contribution in [1.29, 1.82) is 0 Å². The van der Waals surface area contributed by atoms with E-state index >= 15 is 0 Å². The predicted molar refractivity (Wildman–Crippen MR) is 90.1 cm³/mol. The molecule has 0 unspecified atom stereocenters.